The first-order valence-electron chi connectivity index (χ1n) is 18.9. The minimum absolute atomic E-state index is 0.0303. The normalized spacial score (nSPS) is 19.6. The molecule has 4 aromatic heterocycles. The van der Waals surface area contributed by atoms with Crippen LogP contribution in [0.3, 0.4) is 0 Å². The second-order valence-corrected chi connectivity index (χ2v) is 15.2. The minimum atomic E-state index is -2.58. The fourth-order valence-corrected chi connectivity index (χ4v) is 6.60. The summed E-state index contributed by atoms with van der Waals surface area (Å²) in [6.07, 6.45) is 4.18. The molecule has 0 atom stereocenters. The van der Waals surface area contributed by atoms with E-state index in [2.05, 4.69) is 35.5 Å². The van der Waals surface area contributed by atoms with E-state index < -0.39 is 25.2 Å². The van der Waals surface area contributed by atoms with Gasteiger partial charge in [0.2, 0.25) is 11.8 Å². The van der Waals surface area contributed by atoms with Crippen LogP contribution in [0.4, 0.5) is 38.0 Å². The zero-order valence-corrected chi connectivity index (χ0v) is 32.4. The van der Waals surface area contributed by atoms with E-state index in [0.29, 0.717) is 97.5 Å². The minimum Gasteiger partial charge on any atom is -0.485 e. The Bertz CT molecular complexity index is 1920. The highest BCUT2D eigenvalue weighted by molar-refractivity contribution is 6.31. The topological polar surface area (TPSA) is 133 Å². The van der Waals surface area contributed by atoms with Crippen molar-refractivity contribution in [1.82, 2.24) is 29.5 Å². The van der Waals surface area contributed by atoms with Crippen molar-refractivity contribution in [2.45, 2.75) is 115 Å². The molecular weight excluding hydrogens is 782 g/mol. The Labute approximate surface area is 331 Å². The van der Waals surface area contributed by atoms with Gasteiger partial charge >= 0.3 is 0 Å². The summed E-state index contributed by atoms with van der Waals surface area (Å²) in [5, 5.41) is 23.5. The quantitative estimate of drug-likeness (QED) is 0.136. The van der Waals surface area contributed by atoms with Gasteiger partial charge in [-0.25, -0.2) is 45.7 Å². The molecule has 0 spiro atoms. The molecule has 57 heavy (non-hydrogen) atoms. The lowest BCUT2D eigenvalue weighted by molar-refractivity contribution is -0.0936. The second-order valence-electron chi connectivity index (χ2n) is 14.8. The van der Waals surface area contributed by atoms with Crippen LogP contribution >= 0.6 is 11.6 Å². The van der Waals surface area contributed by atoms with Crippen LogP contribution in [0.5, 0.6) is 5.75 Å². The van der Waals surface area contributed by atoms with E-state index in [1.165, 1.54) is 9.36 Å². The molecule has 2 saturated heterocycles. The number of nitrogens with zero attached hydrogens (tertiary/aromatic N) is 6. The number of rotatable bonds is 10. The summed E-state index contributed by atoms with van der Waals surface area (Å²) in [5.41, 5.74) is 2.15. The Morgan fingerprint density at radius 3 is 1.56 bits per heavy atom. The third-order valence-electron chi connectivity index (χ3n) is 9.95. The SMILES string of the molecule is Cc1cn(-c2cc(Cl)cc(NC3CCC(F)(F)CC3)n2)nc1CF.Cc1cn(-c2cc(OC3COC3)cc(NC3CCC(F)(F)CC3)n2)nc1CF.OC1COC1. The molecule has 4 fully saturated rings. The first-order chi connectivity index (χ1) is 27.2. The summed E-state index contributed by atoms with van der Waals surface area (Å²) in [7, 11) is 0. The first-order valence-corrected chi connectivity index (χ1v) is 19.3. The van der Waals surface area contributed by atoms with E-state index in [4.69, 9.17) is 26.2 Å². The Kier molecular flexibility index (Phi) is 13.9. The van der Waals surface area contributed by atoms with Gasteiger partial charge in [-0.05, 0) is 56.7 Å². The van der Waals surface area contributed by atoms with Crippen molar-refractivity contribution in [2.24, 2.45) is 0 Å². The first kappa shape index (κ1) is 42.5. The molecular formula is C38H47ClF6N8O4. The number of pyridine rings is 2. The predicted molar refractivity (Wildman–Crippen MR) is 201 cm³/mol. The molecule has 6 heterocycles. The molecule has 2 aliphatic carbocycles. The molecule has 312 valence electrons. The maximum absolute atomic E-state index is 13.4. The maximum atomic E-state index is 13.4. The number of nitrogens with one attached hydrogen (secondary N) is 2. The summed E-state index contributed by atoms with van der Waals surface area (Å²) < 4.78 is 97.8. The zero-order valence-electron chi connectivity index (χ0n) is 31.7. The van der Waals surface area contributed by atoms with Crippen molar-refractivity contribution in [1.29, 1.82) is 0 Å². The van der Waals surface area contributed by atoms with Gasteiger partial charge < -0.3 is 30.0 Å². The van der Waals surface area contributed by atoms with Crippen LogP contribution in [0.15, 0.2) is 36.7 Å². The van der Waals surface area contributed by atoms with Gasteiger partial charge in [-0.2, -0.15) is 10.2 Å². The Balaban J connectivity index is 0.000000173. The van der Waals surface area contributed by atoms with Crippen LogP contribution in [-0.4, -0.2) is 97.2 Å². The molecule has 2 saturated carbocycles. The molecule has 3 N–H and O–H groups in total. The summed E-state index contributed by atoms with van der Waals surface area (Å²) in [5.74, 6) is -2.61. The number of aliphatic hydroxyl groups is 1. The molecule has 19 heteroatoms. The molecule has 0 unspecified atom stereocenters. The standard InChI is InChI=1S/C19H23F3N4O2.C16H18ClF3N4.C3H6O2/c1-12-9-26(25-16(12)8-20)18-7-14(28-15-10-27-11-15)6-17(24-18)23-13-2-4-19(21,22)5-3-13;1-10-9-24(23-13(10)8-18)15-7-11(17)6-14(22-15)21-12-2-4-16(19,20)5-3-12;4-3-1-5-2-3/h6-7,9,13,15H,2-5,8,10-11H2,1H3,(H,23,24);6-7,9,12H,2-5,8H2,1H3,(H,21,22);3-4H,1-2H2. The largest absolute Gasteiger partial charge is 0.485 e. The maximum Gasteiger partial charge on any atom is 0.248 e. The van der Waals surface area contributed by atoms with E-state index >= 15 is 0 Å². The Hall–Kier alpha value is -4.13. The predicted octanol–water partition coefficient (Wildman–Crippen LogP) is 7.88. The van der Waals surface area contributed by atoms with Crippen molar-refractivity contribution < 1.29 is 45.7 Å². The average Bonchev–Trinajstić information content (AvgIpc) is 3.72. The van der Waals surface area contributed by atoms with Gasteiger partial charge in [0.1, 0.15) is 42.9 Å². The second kappa shape index (κ2) is 18.6. The van der Waals surface area contributed by atoms with E-state index in [9.17, 15) is 26.3 Å². The van der Waals surface area contributed by atoms with Crippen LogP contribution in [-0.2, 0) is 22.8 Å². The molecule has 0 radical (unpaired) electrons. The Morgan fingerprint density at radius 2 is 1.18 bits per heavy atom. The zero-order chi connectivity index (χ0) is 40.7. The van der Waals surface area contributed by atoms with Crippen LogP contribution < -0.4 is 15.4 Å². The molecule has 8 rings (SSSR count). The number of aryl methyl sites for hydroxylation is 2. The highest BCUT2D eigenvalue weighted by Crippen LogP contribution is 2.36. The number of alkyl halides is 6. The van der Waals surface area contributed by atoms with Crippen LogP contribution in [0.2, 0.25) is 5.02 Å². The highest BCUT2D eigenvalue weighted by atomic mass is 35.5. The molecule has 2 aliphatic heterocycles. The number of halogens is 7. The van der Waals surface area contributed by atoms with Gasteiger partial charge in [0, 0.05) is 73.4 Å². The smallest absolute Gasteiger partial charge is 0.248 e. The highest BCUT2D eigenvalue weighted by Gasteiger charge is 2.36. The Morgan fingerprint density at radius 1 is 0.737 bits per heavy atom. The molecule has 4 aromatic rings. The summed E-state index contributed by atoms with van der Waals surface area (Å²) in [4.78, 5) is 8.96. The number of anilines is 2. The third-order valence-corrected chi connectivity index (χ3v) is 10.2. The molecule has 0 amide bonds. The lowest BCUT2D eigenvalue weighted by Crippen LogP contribution is -2.38. The van der Waals surface area contributed by atoms with E-state index in [-0.39, 0.29) is 50.0 Å². The van der Waals surface area contributed by atoms with E-state index in [1.807, 2.05) is 0 Å². The number of ether oxygens (including phenoxy) is 3. The van der Waals surface area contributed by atoms with Crippen LogP contribution in [0.25, 0.3) is 11.6 Å². The van der Waals surface area contributed by atoms with E-state index in [1.54, 1.807) is 50.5 Å². The molecule has 4 aliphatic rings. The van der Waals surface area contributed by atoms with Gasteiger partial charge in [-0.15, -0.1) is 0 Å². The molecule has 12 nitrogen and oxygen atoms in total. The lowest BCUT2D eigenvalue weighted by atomic mass is 9.92. The monoisotopic (exact) mass is 828 g/mol. The van der Waals surface area contributed by atoms with Gasteiger partial charge in [0.15, 0.2) is 11.6 Å². The van der Waals surface area contributed by atoms with Crippen molar-refractivity contribution in [3.05, 3.63) is 64.2 Å². The lowest BCUT2D eigenvalue weighted by Gasteiger charge is -2.30. The van der Waals surface area contributed by atoms with Crippen molar-refractivity contribution in [3.63, 3.8) is 0 Å². The van der Waals surface area contributed by atoms with E-state index in [0.717, 1.165) is 11.1 Å². The summed E-state index contributed by atoms with van der Waals surface area (Å²) >= 11 is 6.13. The fourth-order valence-electron chi connectivity index (χ4n) is 6.40. The number of hydrogen-bond donors (Lipinski definition) is 3. The van der Waals surface area contributed by atoms with Gasteiger partial charge in [0.25, 0.3) is 0 Å². The van der Waals surface area contributed by atoms with Gasteiger partial charge in [0.05, 0.1) is 37.8 Å². The van der Waals surface area contributed by atoms with Gasteiger partial charge in [-0.1, -0.05) is 11.6 Å². The third kappa shape index (κ3) is 12.0. The van der Waals surface area contributed by atoms with Crippen molar-refractivity contribution in [3.8, 4) is 17.4 Å². The van der Waals surface area contributed by atoms with Crippen LogP contribution in [0, 0.1) is 13.8 Å². The van der Waals surface area contributed by atoms with Crippen molar-refractivity contribution in [2.75, 3.05) is 37.1 Å². The summed E-state index contributed by atoms with van der Waals surface area (Å²) in [6, 6.07) is 6.60. The molecule has 0 aromatic carbocycles. The number of hydrogen-bond acceptors (Lipinski definition) is 10. The summed E-state index contributed by atoms with van der Waals surface area (Å²) in [6.45, 7) is 4.36. The fraction of sp³-hybridized carbons (Fsp3) is 0.579. The van der Waals surface area contributed by atoms with Crippen LogP contribution in [0.1, 0.15) is 73.9 Å². The van der Waals surface area contributed by atoms with Gasteiger partial charge in [-0.3, -0.25) is 0 Å². The average molecular weight is 829 g/mol. The van der Waals surface area contributed by atoms with Crippen molar-refractivity contribution >= 4 is 23.2 Å². The number of aromatic nitrogens is 6. The molecule has 0 bridgehead atoms. The number of aliphatic hydroxyl groups excluding tert-OH is 1.